The summed E-state index contributed by atoms with van der Waals surface area (Å²) in [7, 11) is 0. The molecule has 0 radical (unpaired) electrons. The Hall–Kier alpha value is -1.35. The number of nitrogens with one attached hydrogen (secondary N) is 1. The second kappa shape index (κ2) is 6.20. The van der Waals surface area contributed by atoms with Crippen LogP contribution in [0.25, 0.3) is 11.0 Å². The molecule has 0 aliphatic heterocycles. The van der Waals surface area contributed by atoms with Crippen LogP contribution < -0.4 is 5.32 Å². The van der Waals surface area contributed by atoms with E-state index < -0.39 is 0 Å². The van der Waals surface area contributed by atoms with Crippen molar-refractivity contribution in [1.82, 2.24) is 5.32 Å². The average Bonchev–Trinajstić information content (AvgIpc) is 2.72. The summed E-state index contributed by atoms with van der Waals surface area (Å²) in [5.74, 6) is 1.71. The van der Waals surface area contributed by atoms with Gasteiger partial charge in [-0.25, -0.2) is 4.39 Å². The summed E-state index contributed by atoms with van der Waals surface area (Å²) in [5, 5.41) is 4.28. The Morgan fingerprint density at radius 3 is 2.68 bits per heavy atom. The molecule has 2 aromatic rings. The first-order valence-corrected chi connectivity index (χ1v) is 6.94. The van der Waals surface area contributed by atoms with Crippen molar-refractivity contribution in [2.75, 3.05) is 13.1 Å². The Balaban J connectivity index is 1.95. The zero-order chi connectivity index (χ0) is 13.8. The Morgan fingerprint density at radius 2 is 2.00 bits per heavy atom. The molecule has 1 atom stereocenters. The van der Waals surface area contributed by atoms with Crippen LogP contribution in [0.5, 0.6) is 0 Å². The van der Waals surface area contributed by atoms with E-state index in [4.69, 9.17) is 4.42 Å². The molecule has 0 saturated heterocycles. The summed E-state index contributed by atoms with van der Waals surface area (Å²) >= 11 is 0. The highest BCUT2D eigenvalue weighted by Gasteiger charge is 2.11. The molecule has 0 aliphatic rings. The van der Waals surface area contributed by atoms with E-state index >= 15 is 0 Å². The number of hydrogen-bond donors (Lipinski definition) is 1. The third kappa shape index (κ3) is 3.80. The molecule has 2 rings (SSSR count). The van der Waals surface area contributed by atoms with Crippen LogP contribution in [0.2, 0.25) is 0 Å². The Labute approximate surface area is 114 Å². The second-order valence-corrected chi connectivity index (χ2v) is 5.73. The van der Waals surface area contributed by atoms with Gasteiger partial charge in [0.05, 0.1) is 0 Å². The highest BCUT2D eigenvalue weighted by Crippen LogP contribution is 2.23. The largest absolute Gasteiger partial charge is 0.458 e. The maximum atomic E-state index is 13.5. The summed E-state index contributed by atoms with van der Waals surface area (Å²) in [6.07, 6.45) is 0.833. The lowest BCUT2D eigenvalue weighted by molar-refractivity contribution is 0.433. The highest BCUT2D eigenvalue weighted by molar-refractivity contribution is 5.78. The van der Waals surface area contributed by atoms with Crippen LogP contribution in [0.3, 0.4) is 0 Å². The fraction of sp³-hybridized carbons (Fsp3) is 0.500. The first-order valence-electron chi connectivity index (χ1n) is 6.94. The zero-order valence-electron chi connectivity index (χ0n) is 11.9. The topological polar surface area (TPSA) is 25.2 Å². The monoisotopic (exact) mass is 263 g/mol. The van der Waals surface area contributed by atoms with E-state index in [2.05, 4.69) is 26.1 Å². The van der Waals surface area contributed by atoms with Crippen LogP contribution in [0.1, 0.15) is 26.5 Å². The number of furan rings is 1. The maximum absolute atomic E-state index is 13.5. The molecule has 0 fully saturated rings. The molecule has 1 unspecified atom stereocenters. The summed E-state index contributed by atoms with van der Waals surface area (Å²) in [6.45, 7) is 8.55. The molecular weight excluding hydrogens is 241 g/mol. The third-order valence-electron chi connectivity index (χ3n) is 3.14. The van der Waals surface area contributed by atoms with Gasteiger partial charge in [0.1, 0.15) is 5.76 Å². The SMILES string of the molecule is CC(C)CNCC(C)Cc1cc2cccc(F)c2o1. The van der Waals surface area contributed by atoms with Crippen LogP contribution in [0, 0.1) is 17.7 Å². The van der Waals surface area contributed by atoms with E-state index in [1.54, 1.807) is 6.07 Å². The number of fused-ring (bicyclic) bond motifs is 1. The van der Waals surface area contributed by atoms with Crippen molar-refractivity contribution in [1.29, 1.82) is 0 Å². The maximum Gasteiger partial charge on any atom is 0.169 e. The number of para-hydroxylation sites is 1. The van der Waals surface area contributed by atoms with E-state index in [9.17, 15) is 4.39 Å². The Kier molecular flexibility index (Phi) is 4.59. The van der Waals surface area contributed by atoms with Gasteiger partial charge in [-0.3, -0.25) is 0 Å². The molecule has 0 amide bonds. The van der Waals surface area contributed by atoms with Gasteiger partial charge < -0.3 is 9.73 Å². The van der Waals surface area contributed by atoms with E-state index in [1.165, 1.54) is 6.07 Å². The van der Waals surface area contributed by atoms with Gasteiger partial charge in [0.25, 0.3) is 0 Å². The van der Waals surface area contributed by atoms with Crippen LogP contribution in [-0.2, 0) is 6.42 Å². The van der Waals surface area contributed by atoms with Crippen molar-refractivity contribution >= 4 is 11.0 Å². The lowest BCUT2D eigenvalue weighted by Crippen LogP contribution is -2.26. The Morgan fingerprint density at radius 1 is 1.21 bits per heavy atom. The molecule has 104 valence electrons. The molecule has 1 heterocycles. The van der Waals surface area contributed by atoms with Crippen molar-refractivity contribution in [3.63, 3.8) is 0 Å². The first-order chi connectivity index (χ1) is 9.06. The predicted molar refractivity (Wildman–Crippen MR) is 76.7 cm³/mol. The molecule has 3 heteroatoms. The lowest BCUT2D eigenvalue weighted by atomic mass is 10.1. The summed E-state index contributed by atoms with van der Waals surface area (Å²) in [4.78, 5) is 0. The smallest absolute Gasteiger partial charge is 0.169 e. The molecule has 1 aromatic heterocycles. The molecule has 1 aromatic carbocycles. The molecular formula is C16H22FNO. The van der Waals surface area contributed by atoms with Gasteiger partial charge in [-0.05, 0) is 37.1 Å². The molecule has 19 heavy (non-hydrogen) atoms. The van der Waals surface area contributed by atoms with Crippen molar-refractivity contribution in [3.8, 4) is 0 Å². The first kappa shape index (κ1) is 14.1. The minimum absolute atomic E-state index is 0.283. The molecule has 0 bridgehead atoms. The highest BCUT2D eigenvalue weighted by atomic mass is 19.1. The number of rotatable bonds is 6. The number of benzene rings is 1. The van der Waals surface area contributed by atoms with Gasteiger partial charge in [0.15, 0.2) is 11.4 Å². The average molecular weight is 263 g/mol. The fourth-order valence-corrected chi connectivity index (χ4v) is 2.22. The molecule has 2 nitrogen and oxygen atoms in total. The van der Waals surface area contributed by atoms with E-state index in [0.717, 1.165) is 30.7 Å². The van der Waals surface area contributed by atoms with Crippen molar-refractivity contribution in [3.05, 3.63) is 35.8 Å². The standard InChI is InChI=1S/C16H22FNO/c1-11(2)9-18-10-12(3)7-14-8-13-5-4-6-15(17)16(13)19-14/h4-6,8,11-12,18H,7,9-10H2,1-3H3. The van der Waals surface area contributed by atoms with Crippen LogP contribution in [-0.4, -0.2) is 13.1 Å². The van der Waals surface area contributed by atoms with Gasteiger partial charge in [0.2, 0.25) is 0 Å². The fourth-order valence-electron chi connectivity index (χ4n) is 2.22. The van der Waals surface area contributed by atoms with E-state index in [1.807, 2.05) is 12.1 Å². The number of hydrogen-bond acceptors (Lipinski definition) is 2. The summed E-state index contributed by atoms with van der Waals surface area (Å²) in [5.41, 5.74) is 0.375. The quantitative estimate of drug-likeness (QED) is 0.852. The van der Waals surface area contributed by atoms with Gasteiger partial charge in [-0.2, -0.15) is 0 Å². The van der Waals surface area contributed by atoms with Gasteiger partial charge >= 0.3 is 0 Å². The van der Waals surface area contributed by atoms with Gasteiger partial charge in [-0.1, -0.05) is 32.9 Å². The molecule has 0 aliphatic carbocycles. The second-order valence-electron chi connectivity index (χ2n) is 5.73. The van der Waals surface area contributed by atoms with E-state index in [-0.39, 0.29) is 5.82 Å². The molecule has 0 saturated carbocycles. The zero-order valence-corrected chi connectivity index (χ0v) is 11.9. The van der Waals surface area contributed by atoms with Crippen LogP contribution in [0.15, 0.2) is 28.7 Å². The van der Waals surface area contributed by atoms with Crippen LogP contribution in [0.4, 0.5) is 4.39 Å². The number of halogens is 1. The van der Waals surface area contributed by atoms with Crippen molar-refractivity contribution in [2.24, 2.45) is 11.8 Å². The van der Waals surface area contributed by atoms with Crippen molar-refractivity contribution in [2.45, 2.75) is 27.2 Å². The molecule has 0 spiro atoms. The third-order valence-corrected chi connectivity index (χ3v) is 3.14. The summed E-state index contributed by atoms with van der Waals surface area (Å²) < 4.78 is 19.1. The van der Waals surface area contributed by atoms with Gasteiger partial charge in [-0.15, -0.1) is 0 Å². The van der Waals surface area contributed by atoms with Crippen molar-refractivity contribution < 1.29 is 8.81 Å². The van der Waals surface area contributed by atoms with Crippen LogP contribution >= 0.6 is 0 Å². The minimum atomic E-state index is -0.283. The minimum Gasteiger partial charge on any atom is -0.458 e. The van der Waals surface area contributed by atoms with Gasteiger partial charge in [0, 0.05) is 11.8 Å². The summed E-state index contributed by atoms with van der Waals surface area (Å²) in [6, 6.07) is 6.97. The molecule has 1 N–H and O–H groups in total. The Bertz CT molecular complexity index is 533. The predicted octanol–water partition coefficient (Wildman–Crippen LogP) is 4.00. The lowest BCUT2D eigenvalue weighted by Gasteiger charge is -2.12. The van der Waals surface area contributed by atoms with E-state index in [0.29, 0.717) is 17.4 Å². The normalized spacial score (nSPS) is 13.3.